The van der Waals surface area contributed by atoms with E-state index < -0.39 is 0 Å². The van der Waals surface area contributed by atoms with Gasteiger partial charge in [-0.2, -0.15) is 0 Å². The monoisotopic (exact) mass is 292 g/mol. The Bertz CT molecular complexity index is 425. The van der Waals surface area contributed by atoms with Crippen LogP contribution in [0.3, 0.4) is 0 Å². The van der Waals surface area contributed by atoms with E-state index in [9.17, 15) is 0 Å². The first-order valence-electron chi connectivity index (χ1n) is 7.45. The van der Waals surface area contributed by atoms with Crippen LogP contribution in [0, 0.1) is 5.92 Å². The van der Waals surface area contributed by atoms with E-state index in [1.807, 2.05) is 24.3 Å². The highest BCUT2D eigenvalue weighted by molar-refractivity contribution is 7.80. The third kappa shape index (κ3) is 5.00. The Morgan fingerprint density at radius 1 is 1.25 bits per heavy atom. The standard InChI is InChI=1S/C16H24N2OS/c1-12(2)11-17-16(20)18-13-7-9-15(10-8-13)19-14-5-3-4-6-14/h7-10,12,14H,3-6,11H2,1-2H3,(H2,17,18,20). The Morgan fingerprint density at radius 2 is 1.90 bits per heavy atom. The molecule has 1 fully saturated rings. The van der Waals surface area contributed by atoms with Crippen LogP contribution in [-0.4, -0.2) is 17.8 Å². The third-order valence-corrected chi connectivity index (χ3v) is 3.63. The van der Waals surface area contributed by atoms with Crippen molar-refractivity contribution in [3.63, 3.8) is 0 Å². The summed E-state index contributed by atoms with van der Waals surface area (Å²) >= 11 is 5.25. The summed E-state index contributed by atoms with van der Waals surface area (Å²) in [7, 11) is 0. The van der Waals surface area contributed by atoms with Crippen molar-refractivity contribution in [1.29, 1.82) is 0 Å². The number of anilines is 1. The minimum Gasteiger partial charge on any atom is -0.490 e. The SMILES string of the molecule is CC(C)CNC(=S)Nc1ccc(OC2CCCC2)cc1. The van der Waals surface area contributed by atoms with Gasteiger partial charge >= 0.3 is 0 Å². The maximum atomic E-state index is 5.94. The van der Waals surface area contributed by atoms with E-state index in [4.69, 9.17) is 17.0 Å². The number of rotatable bonds is 5. The van der Waals surface area contributed by atoms with E-state index in [1.54, 1.807) is 0 Å². The van der Waals surface area contributed by atoms with Crippen molar-refractivity contribution in [1.82, 2.24) is 5.32 Å². The fourth-order valence-corrected chi connectivity index (χ4v) is 2.49. The Labute approximate surface area is 127 Å². The van der Waals surface area contributed by atoms with Crippen LogP contribution in [0.2, 0.25) is 0 Å². The van der Waals surface area contributed by atoms with Crippen molar-refractivity contribution in [2.24, 2.45) is 5.92 Å². The lowest BCUT2D eigenvalue weighted by molar-refractivity contribution is 0.210. The number of ether oxygens (including phenoxy) is 1. The normalized spacial score (nSPS) is 15.3. The summed E-state index contributed by atoms with van der Waals surface area (Å²) in [6.45, 7) is 5.20. The van der Waals surface area contributed by atoms with Crippen LogP contribution in [0.4, 0.5) is 5.69 Å². The Hall–Kier alpha value is -1.29. The molecule has 0 atom stereocenters. The molecule has 0 aromatic heterocycles. The molecule has 2 rings (SSSR count). The molecule has 4 heteroatoms. The first-order chi connectivity index (χ1) is 9.63. The van der Waals surface area contributed by atoms with E-state index in [2.05, 4.69) is 24.5 Å². The second-order valence-corrected chi connectivity index (χ2v) is 6.19. The van der Waals surface area contributed by atoms with E-state index in [1.165, 1.54) is 25.7 Å². The molecule has 1 aliphatic carbocycles. The highest BCUT2D eigenvalue weighted by Gasteiger charge is 2.16. The van der Waals surface area contributed by atoms with Crippen molar-refractivity contribution >= 4 is 23.0 Å². The third-order valence-electron chi connectivity index (χ3n) is 3.39. The molecule has 0 unspecified atom stereocenters. The van der Waals surface area contributed by atoms with Gasteiger partial charge in [-0.1, -0.05) is 13.8 Å². The Morgan fingerprint density at radius 3 is 2.50 bits per heavy atom. The number of hydrogen-bond acceptors (Lipinski definition) is 2. The van der Waals surface area contributed by atoms with Crippen molar-refractivity contribution < 1.29 is 4.74 Å². The zero-order valence-corrected chi connectivity index (χ0v) is 13.1. The van der Waals surface area contributed by atoms with Gasteiger partial charge in [0, 0.05) is 12.2 Å². The molecular formula is C16H24N2OS. The molecule has 0 amide bonds. The quantitative estimate of drug-likeness (QED) is 0.805. The topological polar surface area (TPSA) is 33.3 Å². The molecule has 0 saturated heterocycles. The minimum absolute atomic E-state index is 0.405. The van der Waals surface area contributed by atoms with Gasteiger partial charge in [0.15, 0.2) is 5.11 Å². The molecule has 0 spiro atoms. The summed E-state index contributed by atoms with van der Waals surface area (Å²) < 4.78 is 5.94. The Kier molecular flexibility index (Phi) is 5.65. The highest BCUT2D eigenvalue weighted by Crippen LogP contribution is 2.24. The van der Waals surface area contributed by atoms with E-state index in [0.29, 0.717) is 17.1 Å². The molecule has 1 aliphatic rings. The maximum absolute atomic E-state index is 5.94. The second-order valence-electron chi connectivity index (χ2n) is 5.78. The predicted molar refractivity (Wildman–Crippen MR) is 88.4 cm³/mol. The van der Waals surface area contributed by atoms with Crippen molar-refractivity contribution in [3.05, 3.63) is 24.3 Å². The number of hydrogen-bond donors (Lipinski definition) is 2. The van der Waals surface area contributed by atoms with Gasteiger partial charge in [-0.3, -0.25) is 0 Å². The lowest BCUT2D eigenvalue weighted by atomic mass is 10.2. The summed E-state index contributed by atoms with van der Waals surface area (Å²) in [5.41, 5.74) is 0.991. The van der Waals surface area contributed by atoms with Crippen molar-refractivity contribution in [2.45, 2.75) is 45.6 Å². The average Bonchev–Trinajstić information content (AvgIpc) is 2.92. The molecule has 110 valence electrons. The van der Waals surface area contributed by atoms with Crippen LogP contribution >= 0.6 is 12.2 Å². The molecule has 0 aliphatic heterocycles. The molecule has 0 bridgehead atoms. The molecule has 0 radical (unpaired) electrons. The van der Waals surface area contributed by atoms with Crippen LogP contribution < -0.4 is 15.4 Å². The molecule has 20 heavy (non-hydrogen) atoms. The average molecular weight is 292 g/mol. The fourth-order valence-electron chi connectivity index (χ4n) is 2.29. The Balaban J connectivity index is 1.80. The number of thiocarbonyl (C=S) groups is 1. The number of nitrogens with one attached hydrogen (secondary N) is 2. The maximum Gasteiger partial charge on any atom is 0.170 e. The molecule has 1 aromatic rings. The molecule has 1 saturated carbocycles. The lowest BCUT2D eigenvalue weighted by Gasteiger charge is -2.14. The van der Waals surface area contributed by atoms with Crippen LogP contribution in [0.5, 0.6) is 5.75 Å². The zero-order chi connectivity index (χ0) is 14.4. The smallest absolute Gasteiger partial charge is 0.170 e. The van der Waals surface area contributed by atoms with Crippen LogP contribution in [0.1, 0.15) is 39.5 Å². The number of benzene rings is 1. The molecule has 0 heterocycles. The predicted octanol–water partition coefficient (Wildman–Crippen LogP) is 3.95. The summed E-state index contributed by atoms with van der Waals surface area (Å²) in [5, 5.41) is 7.05. The van der Waals surface area contributed by atoms with Gasteiger partial charge in [-0.15, -0.1) is 0 Å². The van der Waals surface area contributed by atoms with E-state index in [0.717, 1.165) is 18.0 Å². The van der Waals surface area contributed by atoms with E-state index >= 15 is 0 Å². The zero-order valence-electron chi connectivity index (χ0n) is 12.3. The van der Waals surface area contributed by atoms with Gasteiger partial charge in [0.2, 0.25) is 0 Å². The van der Waals surface area contributed by atoms with Crippen molar-refractivity contribution in [2.75, 3.05) is 11.9 Å². The van der Waals surface area contributed by atoms with Gasteiger partial charge in [0.25, 0.3) is 0 Å². The second kappa shape index (κ2) is 7.48. The van der Waals surface area contributed by atoms with Crippen molar-refractivity contribution in [3.8, 4) is 5.75 Å². The molecule has 1 aromatic carbocycles. The largest absolute Gasteiger partial charge is 0.490 e. The first kappa shape index (κ1) is 15.1. The van der Waals surface area contributed by atoms with Gasteiger partial charge in [0.1, 0.15) is 5.75 Å². The molecular weight excluding hydrogens is 268 g/mol. The van der Waals surface area contributed by atoms with Gasteiger partial charge in [0.05, 0.1) is 6.10 Å². The first-order valence-corrected chi connectivity index (χ1v) is 7.86. The fraction of sp³-hybridized carbons (Fsp3) is 0.562. The van der Waals surface area contributed by atoms with Crippen LogP contribution in [0.25, 0.3) is 0 Å². The van der Waals surface area contributed by atoms with Gasteiger partial charge in [-0.25, -0.2) is 0 Å². The summed E-state index contributed by atoms with van der Waals surface area (Å²) in [6.07, 6.45) is 5.36. The van der Waals surface area contributed by atoms with E-state index in [-0.39, 0.29) is 0 Å². The highest BCUT2D eigenvalue weighted by atomic mass is 32.1. The lowest BCUT2D eigenvalue weighted by Crippen LogP contribution is -2.31. The van der Waals surface area contributed by atoms with Crippen LogP contribution in [-0.2, 0) is 0 Å². The summed E-state index contributed by atoms with van der Waals surface area (Å²) in [4.78, 5) is 0. The van der Waals surface area contributed by atoms with Gasteiger partial charge in [-0.05, 0) is 68.1 Å². The molecule has 2 N–H and O–H groups in total. The van der Waals surface area contributed by atoms with Crippen LogP contribution in [0.15, 0.2) is 24.3 Å². The van der Waals surface area contributed by atoms with Gasteiger partial charge < -0.3 is 15.4 Å². The summed E-state index contributed by atoms with van der Waals surface area (Å²) in [5.74, 6) is 1.53. The molecule has 3 nitrogen and oxygen atoms in total. The summed E-state index contributed by atoms with van der Waals surface area (Å²) in [6, 6.07) is 8.03. The minimum atomic E-state index is 0.405.